The van der Waals surface area contributed by atoms with E-state index >= 15 is 0 Å². The summed E-state index contributed by atoms with van der Waals surface area (Å²) in [6.45, 7) is 2.01. The quantitative estimate of drug-likeness (QED) is 0.521. The minimum Gasteiger partial charge on any atom is -0.439 e. The van der Waals surface area contributed by atoms with Crippen molar-refractivity contribution in [2.75, 3.05) is 12.4 Å². The van der Waals surface area contributed by atoms with E-state index in [1.807, 2.05) is 31.2 Å². The highest BCUT2D eigenvalue weighted by Crippen LogP contribution is 2.21. The molecule has 3 rings (SSSR count). The minimum atomic E-state index is -0.223. The van der Waals surface area contributed by atoms with E-state index in [0.29, 0.717) is 22.9 Å². The summed E-state index contributed by atoms with van der Waals surface area (Å²) in [6.07, 6.45) is 3.12. The molecule has 0 saturated carbocycles. The zero-order valence-corrected chi connectivity index (χ0v) is 15.0. The Hall–Kier alpha value is -3.67. The normalized spacial score (nSPS) is 10.6. The van der Waals surface area contributed by atoms with Crippen LogP contribution in [0.3, 0.4) is 0 Å². The highest BCUT2D eigenvalue weighted by atomic mass is 16.6. The van der Waals surface area contributed by atoms with Crippen LogP contribution in [0, 0.1) is 6.92 Å². The Kier molecular flexibility index (Phi) is 5.79. The maximum Gasteiger partial charge on any atom is 0.255 e. The fourth-order valence-electron chi connectivity index (χ4n) is 2.28. The number of aryl methyl sites for hydroxylation is 1. The number of aromatic nitrogens is 1. The summed E-state index contributed by atoms with van der Waals surface area (Å²) in [7, 11) is 1.48. The van der Waals surface area contributed by atoms with E-state index in [0.717, 1.165) is 11.1 Å². The molecule has 1 amide bonds. The van der Waals surface area contributed by atoms with Gasteiger partial charge >= 0.3 is 0 Å². The molecule has 0 spiro atoms. The van der Waals surface area contributed by atoms with Crippen LogP contribution in [0.2, 0.25) is 0 Å². The highest BCUT2D eigenvalue weighted by Gasteiger charge is 2.07. The Morgan fingerprint density at radius 1 is 1.04 bits per heavy atom. The van der Waals surface area contributed by atoms with Gasteiger partial charge in [-0.15, -0.1) is 0 Å². The maximum absolute atomic E-state index is 12.3. The molecular weight excluding hydrogens is 342 g/mol. The van der Waals surface area contributed by atoms with Crippen molar-refractivity contribution in [3.05, 3.63) is 83.6 Å². The van der Waals surface area contributed by atoms with E-state index in [4.69, 9.17) is 4.74 Å². The number of benzene rings is 2. The van der Waals surface area contributed by atoms with Crippen LogP contribution in [0.15, 0.2) is 72.0 Å². The van der Waals surface area contributed by atoms with Crippen LogP contribution < -0.4 is 10.1 Å². The number of nitrogens with zero attached hydrogens (tertiary/aromatic N) is 2. The number of nitrogens with one attached hydrogen (secondary N) is 1. The Balaban J connectivity index is 1.61. The van der Waals surface area contributed by atoms with Gasteiger partial charge in [-0.2, -0.15) is 0 Å². The lowest BCUT2D eigenvalue weighted by molar-refractivity contribution is 0.102. The van der Waals surface area contributed by atoms with Gasteiger partial charge in [0.2, 0.25) is 5.88 Å². The third-order valence-corrected chi connectivity index (χ3v) is 3.72. The molecule has 6 nitrogen and oxygen atoms in total. The summed E-state index contributed by atoms with van der Waals surface area (Å²) in [5.41, 5.74) is 3.12. The number of anilines is 1. The predicted molar refractivity (Wildman–Crippen MR) is 104 cm³/mol. The molecule has 2 aromatic carbocycles. The molecule has 136 valence electrons. The molecule has 27 heavy (non-hydrogen) atoms. The van der Waals surface area contributed by atoms with Gasteiger partial charge in [0, 0.05) is 11.6 Å². The lowest BCUT2D eigenvalue weighted by atomic mass is 10.1. The zero-order valence-electron chi connectivity index (χ0n) is 15.0. The van der Waals surface area contributed by atoms with E-state index in [-0.39, 0.29) is 5.91 Å². The maximum atomic E-state index is 12.3. The average molecular weight is 361 g/mol. The van der Waals surface area contributed by atoms with Crippen LogP contribution in [0.1, 0.15) is 21.5 Å². The molecule has 0 unspecified atom stereocenters. The first-order valence-electron chi connectivity index (χ1n) is 8.32. The molecule has 0 bridgehead atoms. The van der Waals surface area contributed by atoms with Gasteiger partial charge in [0.25, 0.3) is 5.91 Å². The van der Waals surface area contributed by atoms with Crippen molar-refractivity contribution >= 4 is 17.8 Å². The SMILES string of the molecule is CO/N=C/c1ccc(C(=O)Nc2ccc(Oc3ccc(C)cc3)nc2)cc1. The molecule has 0 aliphatic carbocycles. The summed E-state index contributed by atoms with van der Waals surface area (Å²) in [6, 6.07) is 18.2. The molecule has 0 aliphatic rings. The number of ether oxygens (including phenoxy) is 1. The standard InChI is InChI=1S/C21H19N3O3/c1-15-3-10-19(11-4-15)27-20-12-9-18(14-22-20)24-21(25)17-7-5-16(6-8-17)13-23-26-2/h3-14H,1-2H3,(H,24,25)/b23-13+. The van der Waals surface area contributed by atoms with Gasteiger partial charge in [-0.05, 0) is 42.8 Å². The molecular formula is C21H19N3O3. The van der Waals surface area contributed by atoms with Crippen molar-refractivity contribution in [1.82, 2.24) is 4.98 Å². The van der Waals surface area contributed by atoms with Crippen LogP contribution >= 0.6 is 0 Å². The highest BCUT2D eigenvalue weighted by molar-refractivity contribution is 6.04. The van der Waals surface area contributed by atoms with Crippen LogP contribution in [0.5, 0.6) is 11.6 Å². The fraction of sp³-hybridized carbons (Fsp3) is 0.0952. The van der Waals surface area contributed by atoms with E-state index in [1.165, 1.54) is 7.11 Å². The zero-order chi connectivity index (χ0) is 19.1. The number of rotatable bonds is 6. The number of pyridine rings is 1. The van der Waals surface area contributed by atoms with Crippen molar-refractivity contribution in [3.63, 3.8) is 0 Å². The van der Waals surface area contributed by atoms with Gasteiger partial charge < -0.3 is 14.9 Å². The minimum absolute atomic E-state index is 0.223. The number of hydrogen-bond acceptors (Lipinski definition) is 5. The number of oxime groups is 1. The summed E-state index contributed by atoms with van der Waals surface area (Å²) in [4.78, 5) is 21.2. The molecule has 1 N–H and O–H groups in total. The summed E-state index contributed by atoms with van der Waals surface area (Å²) < 4.78 is 5.68. The summed E-state index contributed by atoms with van der Waals surface area (Å²) >= 11 is 0. The lowest BCUT2D eigenvalue weighted by Gasteiger charge is -2.08. The molecule has 0 saturated heterocycles. The second-order valence-corrected chi connectivity index (χ2v) is 5.79. The van der Waals surface area contributed by atoms with E-state index in [9.17, 15) is 4.79 Å². The first kappa shape index (κ1) is 18.1. The number of amides is 1. The topological polar surface area (TPSA) is 72.8 Å². The Labute approximate surface area is 157 Å². The fourth-order valence-corrected chi connectivity index (χ4v) is 2.28. The van der Waals surface area contributed by atoms with Gasteiger partial charge in [-0.25, -0.2) is 4.98 Å². The van der Waals surface area contributed by atoms with E-state index < -0.39 is 0 Å². The molecule has 6 heteroatoms. The van der Waals surface area contributed by atoms with Gasteiger partial charge in [-0.3, -0.25) is 4.79 Å². The van der Waals surface area contributed by atoms with E-state index in [2.05, 4.69) is 20.3 Å². The van der Waals surface area contributed by atoms with Crippen molar-refractivity contribution in [2.45, 2.75) is 6.92 Å². The number of carbonyl (C=O) groups excluding carboxylic acids is 1. The second-order valence-electron chi connectivity index (χ2n) is 5.79. The smallest absolute Gasteiger partial charge is 0.255 e. The van der Waals surface area contributed by atoms with Crippen molar-refractivity contribution in [1.29, 1.82) is 0 Å². The molecule has 0 aliphatic heterocycles. The molecule has 0 atom stereocenters. The Bertz CT molecular complexity index is 918. The lowest BCUT2D eigenvalue weighted by Crippen LogP contribution is -2.12. The Morgan fingerprint density at radius 3 is 2.41 bits per heavy atom. The van der Waals surface area contributed by atoms with Crippen LogP contribution in [0.4, 0.5) is 5.69 Å². The van der Waals surface area contributed by atoms with Crippen molar-refractivity contribution < 1.29 is 14.4 Å². The Morgan fingerprint density at radius 2 is 1.78 bits per heavy atom. The van der Waals surface area contributed by atoms with Crippen LogP contribution in [0.25, 0.3) is 0 Å². The number of hydrogen-bond donors (Lipinski definition) is 1. The van der Waals surface area contributed by atoms with E-state index in [1.54, 1.807) is 48.8 Å². The molecule has 0 fully saturated rings. The first-order valence-corrected chi connectivity index (χ1v) is 8.32. The van der Waals surface area contributed by atoms with Gasteiger partial charge in [-0.1, -0.05) is 35.0 Å². The first-order chi connectivity index (χ1) is 13.1. The summed E-state index contributed by atoms with van der Waals surface area (Å²) in [5.74, 6) is 0.944. The van der Waals surface area contributed by atoms with Crippen molar-refractivity contribution in [3.8, 4) is 11.6 Å². The van der Waals surface area contributed by atoms with Crippen molar-refractivity contribution in [2.24, 2.45) is 5.16 Å². The third-order valence-electron chi connectivity index (χ3n) is 3.72. The van der Waals surface area contributed by atoms with Gasteiger partial charge in [0.15, 0.2) is 0 Å². The number of carbonyl (C=O) groups is 1. The van der Waals surface area contributed by atoms with Gasteiger partial charge in [0.05, 0.1) is 18.1 Å². The summed E-state index contributed by atoms with van der Waals surface area (Å²) in [5, 5.41) is 6.49. The molecule has 1 aromatic heterocycles. The molecule has 1 heterocycles. The third kappa shape index (κ3) is 5.15. The van der Waals surface area contributed by atoms with Gasteiger partial charge in [0.1, 0.15) is 12.9 Å². The largest absolute Gasteiger partial charge is 0.439 e. The average Bonchev–Trinajstić information content (AvgIpc) is 2.70. The molecule has 0 radical (unpaired) electrons. The van der Waals surface area contributed by atoms with Crippen LogP contribution in [-0.4, -0.2) is 24.2 Å². The second kappa shape index (κ2) is 8.62. The predicted octanol–water partition coefficient (Wildman–Crippen LogP) is 4.41. The molecule has 3 aromatic rings. The van der Waals surface area contributed by atoms with Crippen LogP contribution in [-0.2, 0) is 4.84 Å². The monoisotopic (exact) mass is 361 g/mol.